The summed E-state index contributed by atoms with van der Waals surface area (Å²) in [5.74, 6) is 1.18. The van der Waals surface area contributed by atoms with Crippen molar-refractivity contribution in [1.82, 2.24) is 0 Å². The van der Waals surface area contributed by atoms with Crippen LogP contribution in [0.1, 0.15) is 5.56 Å². The molecule has 18 heavy (non-hydrogen) atoms. The first-order chi connectivity index (χ1) is 8.81. The van der Waals surface area contributed by atoms with Gasteiger partial charge in [0, 0.05) is 25.3 Å². The van der Waals surface area contributed by atoms with E-state index in [0.29, 0.717) is 0 Å². The molecule has 1 aliphatic heterocycles. The number of thioether (sulfide) groups is 2. The van der Waals surface area contributed by atoms with Gasteiger partial charge in [-0.3, -0.25) is 0 Å². The second kappa shape index (κ2) is 5.72. The maximum absolute atomic E-state index is 3.47. The van der Waals surface area contributed by atoms with E-state index in [1.165, 1.54) is 27.5 Å². The van der Waals surface area contributed by atoms with Crippen LogP contribution in [-0.4, -0.2) is 11.0 Å². The number of hydrogen-bond acceptors (Lipinski definition) is 2. The summed E-state index contributed by atoms with van der Waals surface area (Å²) in [4.78, 5) is 2.83. The molecule has 1 atom stereocenters. The molecular weight excluding hydrogens is 324 g/mol. The van der Waals surface area contributed by atoms with Gasteiger partial charge in [0.05, 0.1) is 0 Å². The number of fused-ring (bicyclic) bond motifs is 1. The van der Waals surface area contributed by atoms with Crippen molar-refractivity contribution in [2.45, 2.75) is 21.5 Å². The lowest BCUT2D eigenvalue weighted by Gasteiger charge is -2.07. The number of benzene rings is 2. The van der Waals surface area contributed by atoms with Crippen LogP contribution in [0.4, 0.5) is 0 Å². The van der Waals surface area contributed by atoms with Crippen molar-refractivity contribution in [2.24, 2.45) is 0 Å². The minimum Gasteiger partial charge on any atom is -0.125 e. The maximum Gasteiger partial charge on any atom is 0.0229 e. The van der Waals surface area contributed by atoms with Crippen LogP contribution in [0.3, 0.4) is 0 Å². The highest BCUT2D eigenvalue weighted by Gasteiger charge is 2.21. The fraction of sp³-hybridized carbons (Fsp3) is 0.200. The van der Waals surface area contributed by atoms with Gasteiger partial charge in [-0.2, -0.15) is 0 Å². The van der Waals surface area contributed by atoms with Gasteiger partial charge in [0.15, 0.2) is 0 Å². The quantitative estimate of drug-likeness (QED) is 0.701. The standard InChI is InChI=1S/C15H13BrS2/c16-12-5-7-13(8-6-12)17-10-14-9-11-3-1-2-4-15(11)18-14/h1-8,14H,9-10H2. The van der Waals surface area contributed by atoms with Crippen LogP contribution in [0.2, 0.25) is 0 Å². The molecule has 2 aromatic carbocycles. The van der Waals surface area contributed by atoms with Crippen LogP contribution < -0.4 is 0 Å². The molecule has 0 aromatic heterocycles. The van der Waals surface area contributed by atoms with Crippen LogP contribution in [-0.2, 0) is 6.42 Å². The molecule has 0 nitrogen and oxygen atoms in total. The molecule has 0 spiro atoms. The molecule has 2 aromatic rings. The highest BCUT2D eigenvalue weighted by Crippen LogP contribution is 2.39. The highest BCUT2D eigenvalue weighted by molar-refractivity contribution is 9.10. The van der Waals surface area contributed by atoms with Gasteiger partial charge in [0.2, 0.25) is 0 Å². The minimum atomic E-state index is 0.719. The van der Waals surface area contributed by atoms with E-state index < -0.39 is 0 Å². The fourth-order valence-electron chi connectivity index (χ4n) is 2.07. The van der Waals surface area contributed by atoms with Gasteiger partial charge in [-0.15, -0.1) is 23.5 Å². The molecule has 0 radical (unpaired) electrons. The number of rotatable bonds is 3. The Hall–Kier alpha value is -0.380. The molecule has 1 aliphatic rings. The predicted octanol–water partition coefficient (Wildman–Crippen LogP) is 5.26. The third-order valence-corrected chi connectivity index (χ3v) is 6.20. The average molecular weight is 337 g/mol. The molecule has 1 heterocycles. The second-order valence-corrected chi connectivity index (χ2v) is 7.67. The molecule has 1 unspecified atom stereocenters. The Kier molecular flexibility index (Phi) is 4.02. The SMILES string of the molecule is Brc1ccc(SCC2Cc3ccccc3S2)cc1. The van der Waals surface area contributed by atoms with Gasteiger partial charge in [-0.25, -0.2) is 0 Å². The summed E-state index contributed by atoms with van der Waals surface area (Å²) in [7, 11) is 0. The van der Waals surface area contributed by atoms with Crippen LogP contribution in [0.15, 0.2) is 62.8 Å². The first-order valence-electron chi connectivity index (χ1n) is 5.94. The van der Waals surface area contributed by atoms with Crippen LogP contribution in [0.25, 0.3) is 0 Å². The van der Waals surface area contributed by atoms with Gasteiger partial charge < -0.3 is 0 Å². The molecule has 0 amide bonds. The minimum absolute atomic E-state index is 0.719. The Balaban J connectivity index is 1.58. The summed E-state index contributed by atoms with van der Waals surface area (Å²) in [5, 5.41) is 0.719. The van der Waals surface area contributed by atoms with Crippen molar-refractivity contribution >= 4 is 39.5 Å². The molecule has 92 valence electrons. The highest BCUT2D eigenvalue weighted by atomic mass is 79.9. The zero-order valence-electron chi connectivity index (χ0n) is 9.80. The number of halogens is 1. The van der Waals surface area contributed by atoms with E-state index in [1.807, 2.05) is 23.5 Å². The molecule has 0 saturated heterocycles. The van der Waals surface area contributed by atoms with E-state index in [0.717, 1.165) is 9.72 Å². The normalized spacial score (nSPS) is 17.7. The largest absolute Gasteiger partial charge is 0.125 e. The summed E-state index contributed by atoms with van der Waals surface area (Å²) in [6.45, 7) is 0. The molecule has 0 saturated carbocycles. The van der Waals surface area contributed by atoms with E-state index in [-0.39, 0.29) is 0 Å². The van der Waals surface area contributed by atoms with Gasteiger partial charge >= 0.3 is 0 Å². The first-order valence-corrected chi connectivity index (χ1v) is 8.60. The lowest BCUT2D eigenvalue weighted by atomic mass is 10.1. The maximum atomic E-state index is 3.47. The zero-order valence-corrected chi connectivity index (χ0v) is 13.0. The van der Waals surface area contributed by atoms with E-state index in [2.05, 4.69) is 64.5 Å². The van der Waals surface area contributed by atoms with Gasteiger partial charge in [0.25, 0.3) is 0 Å². The van der Waals surface area contributed by atoms with Crippen molar-refractivity contribution < 1.29 is 0 Å². The Bertz CT molecular complexity index is 511. The molecule has 3 rings (SSSR count). The topological polar surface area (TPSA) is 0 Å². The number of hydrogen-bond donors (Lipinski definition) is 0. The Labute approximate surface area is 125 Å². The Morgan fingerprint density at radius 3 is 2.67 bits per heavy atom. The summed E-state index contributed by atoms with van der Waals surface area (Å²) >= 11 is 7.45. The predicted molar refractivity (Wildman–Crippen MR) is 84.7 cm³/mol. The van der Waals surface area contributed by atoms with E-state index in [4.69, 9.17) is 0 Å². The van der Waals surface area contributed by atoms with Crippen molar-refractivity contribution in [1.29, 1.82) is 0 Å². The van der Waals surface area contributed by atoms with Gasteiger partial charge in [0.1, 0.15) is 0 Å². The molecule has 3 heteroatoms. The Morgan fingerprint density at radius 1 is 1.11 bits per heavy atom. The van der Waals surface area contributed by atoms with Crippen molar-refractivity contribution in [3.8, 4) is 0 Å². The summed E-state index contributed by atoms with van der Waals surface area (Å²) in [6.07, 6.45) is 1.21. The van der Waals surface area contributed by atoms with Crippen LogP contribution >= 0.6 is 39.5 Å². The second-order valence-electron chi connectivity index (χ2n) is 4.32. The summed E-state index contributed by atoms with van der Waals surface area (Å²) in [6, 6.07) is 17.4. The van der Waals surface area contributed by atoms with Crippen LogP contribution in [0, 0.1) is 0 Å². The molecule has 0 fully saturated rings. The molecular formula is C15H13BrS2. The fourth-order valence-corrected chi connectivity index (χ4v) is 4.71. The van der Waals surface area contributed by atoms with Crippen molar-refractivity contribution in [2.75, 3.05) is 5.75 Å². The summed E-state index contributed by atoms with van der Waals surface area (Å²) < 4.78 is 1.15. The lowest BCUT2D eigenvalue weighted by Crippen LogP contribution is -2.03. The van der Waals surface area contributed by atoms with E-state index in [1.54, 1.807) is 0 Å². The average Bonchev–Trinajstić information content (AvgIpc) is 2.81. The van der Waals surface area contributed by atoms with E-state index in [9.17, 15) is 0 Å². The molecule has 0 N–H and O–H groups in total. The van der Waals surface area contributed by atoms with E-state index >= 15 is 0 Å². The molecule has 0 bridgehead atoms. The zero-order chi connectivity index (χ0) is 12.4. The van der Waals surface area contributed by atoms with Gasteiger partial charge in [-0.1, -0.05) is 34.1 Å². The van der Waals surface area contributed by atoms with Gasteiger partial charge in [-0.05, 0) is 42.3 Å². The summed E-state index contributed by atoms with van der Waals surface area (Å²) in [5.41, 5.74) is 1.52. The Morgan fingerprint density at radius 2 is 1.89 bits per heavy atom. The lowest BCUT2D eigenvalue weighted by molar-refractivity contribution is 0.970. The smallest absolute Gasteiger partial charge is 0.0229 e. The van der Waals surface area contributed by atoms with Crippen molar-refractivity contribution in [3.63, 3.8) is 0 Å². The molecule has 0 aliphatic carbocycles. The third-order valence-electron chi connectivity index (χ3n) is 2.96. The third kappa shape index (κ3) is 2.95. The first kappa shape index (κ1) is 12.6. The van der Waals surface area contributed by atoms with Crippen molar-refractivity contribution in [3.05, 3.63) is 58.6 Å². The van der Waals surface area contributed by atoms with Crippen LogP contribution in [0.5, 0.6) is 0 Å². The monoisotopic (exact) mass is 336 g/mol.